The Morgan fingerprint density at radius 2 is 1.33 bits per heavy atom. The molecular weight excluding hydrogens is 1130 g/mol. The zero-order chi connectivity index (χ0) is 49.6. The molecule has 2 rings (SSSR count). The van der Waals surface area contributed by atoms with Crippen LogP contribution in [0.5, 0.6) is 0 Å². The Kier molecular flexibility index (Phi) is 31.1. The second kappa shape index (κ2) is 34.2. The SMILES string of the molecule is CCCCCCCCCCCC(=O)NC(C(=O)NCC(=O)NC(C)C(=O)NC1COC(=O)C(CCC(N)=O)NC(=O)C(CCC(N)=O)NC(=O)C(Cc2cnc[nH]2)NC1=O)C(C)O.[I][V][I]. The Bertz CT molecular complexity index is 1750. The molecule has 0 spiro atoms. The molecule has 7 unspecified atom stereocenters. The number of nitrogens with zero attached hydrogens (tertiary/aromatic N) is 1. The zero-order valence-corrected chi connectivity index (χ0v) is 43.2. The molecule has 26 heteroatoms. The van der Waals surface area contributed by atoms with E-state index < -0.39 is 121 Å². The van der Waals surface area contributed by atoms with Crippen LogP contribution in [0.3, 0.4) is 0 Å². The Balaban J connectivity index is 0.00000705. The third kappa shape index (κ3) is 25.7. The fourth-order valence-corrected chi connectivity index (χ4v) is 6.36. The van der Waals surface area contributed by atoms with Gasteiger partial charge < -0.3 is 63.5 Å². The van der Waals surface area contributed by atoms with Gasteiger partial charge in [-0.1, -0.05) is 58.3 Å². The summed E-state index contributed by atoms with van der Waals surface area (Å²) < 4.78 is 5.32. The summed E-state index contributed by atoms with van der Waals surface area (Å²) in [5.74, 6) is -8.77. The van der Waals surface area contributed by atoms with E-state index >= 15 is 0 Å². The number of esters is 1. The number of ether oxygens (including phenoxy) is 1. The second-order valence-electron chi connectivity index (χ2n) is 15.6. The van der Waals surface area contributed by atoms with Gasteiger partial charge in [0.25, 0.3) is 0 Å². The quantitative estimate of drug-likeness (QED) is 0.0307. The number of unbranched alkanes of at least 4 members (excludes halogenated alkanes) is 8. The fourth-order valence-electron chi connectivity index (χ4n) is 6.36. The van der Waals surface area contributed by atoms with Crippen molar-refractivity contribution in [1.29, 1.82) is 0 Å². The molecule has 0 radical (unpaired) electrons. The van der Waals surface area contributed by atoms with Gasteiger partial charge in [0.05, 0.1) is 19.0 Å². The van der Waals surface area contributed by atoms with Crippen molar-refractivity contribution in [2.45, 2.75) is 159 Å². The molecule has 9 amide bonds. The van der Waals surface area contributed by atoms with Crippen LogP contribution in [0.15, 0.2) is 12.5 Å². The predicted molar refractivity (Wildman–Crippen MR) is 252 cm³/mol. The molecule has 1 aromatic rings. The molecule has 371 valence electrons. The van der Waals surface area contributed by atoms with Crippen LogP contribution < -0.4 is 48.7 Å². The number of hydrogen-bond donors (Lipinski definition) is 11. The average molecular weight is 1200 g/mol. The van der Waals surface area contributed by atoms with Gasteiger partial charge in [-0.05, 0) is 33.1 Å². The van der Waals surface area contributed by atoms with E-state index in [0.717, 1.165) is 25.7 Å². The third-order valence-electron chi connectivity index (χ3n) is 10.0. The summed E-state index contributed by atoms with van der Waals surface area (Å²) in [6.07, 6.45) is 9.40. The van der Waals surface area contributed by atoms with Crippen LogP contribution >= 0.6 is 40.0 Å². The second-order valence-corrected chi connectivity index (χ2v) is 27.4. The Hall–Kier alpha value is -4.09. The van der Waals surface area contributed by atoms with Gasteiger partial charge in [-0.15, -0.1) is 0 Å². The van der Waals surface area contributed by atoms with E-state index in [1.165, 1.54) is 52.1 Å². The van der Waals surface area contributed by atoms with Gasteiger partial charge in [0.2, 0.25) is 53.2 Å². The molecule has 1 aromatic heterocycles. The molecule has 0 saturated carbocycles. The number of aromatic nitrogens is 2. The van der Waals surface area contributed by atoms with E-state index in [1.54, 1.807) is 0 Å². The van der Waals surface area contributed by atoms with Crippen molar-refractivity contribution in [2.24, 2.45) is 11.5 Å². The first kappa shape index (κ1) is 59.9. The van der Waals surface area contributed by atoms with Crippen LogP contribution in [-0.4, -0.2) is 130 Å². The molecule has 1 aliphatic heterocycles. The van der Waals surface area contributed by atoms with Crippen molar-refractivity contribution in [3.05, 3.63) is 18.2 Å². The van der Waals surface area contributed by atoms with Crippen LogP contribution in [-0.2, 0) is 68.6 Å². The molecule has 1 aliphatic rings. The topological polar surface area (TPSA) is 365 Å². The van der Waals surface area contributed by atoms with Crippen molar-refractivity contribution >= 4 is 99.1 Å². The van der Waals surface area contributed by atoms with Crippen LogP contribution in [0.4, 0.5) is 0 Å². The average Bonchev–Trinajstić information content (AvgIpc) is 3.78. The van der Waals surface area contributed by atoms with Gasteiger partial charge in [0.1, 0.15) is 42.9 Å². The summed E-state index contributed by atoms with van der Waals surface area (Å²) in [5, 5.41) is 27.0. The molecule has 0 aliphatic carbocycles. The Labute approximate surface area is 413 Å². The van der Waals surface area contributed by atoms with E-state index in [0.29, 0.717) is 21.6 Å². The van der Waals surface area contributed by atoms with Crippen molar-refractivity contribution in [3.8, 4) is 0 Å². The van der Waals surface area contributed by atoms with E-state index in [-0.39, 0.29) is 32.1 Å². The van der Waals surface area contributed by atoms with Gasteiger partial charge in [0.15, 0.2) is 0 Å². The van der Waals surface area contributed by atoms with E-state index in [1.807, 2.05) is 0 Å². The van der Waals surface area contributed by atoms with Crippen LogP contribution in [0.1, 0.15) is 116 Å². The van der Waals surface area contributed by atoms with Crippen molar-refractivity contribution in [3.63, 3.8) is 0 Å². The Morgan fingerprint density at radius 3 is 1.89 bits per heavy atom. The van der Waals surface area contributed by atoms with Crippen LogP contribution in [0, 0.1) is 0 Å². The zero-order valence-electron chi connectivity index (χ0n) is 37.5. The number of aromatic amines is 1. The van der Waals surface area contributed by atoms with Crippen LogP contribution in [0.25, 0.3) is 0 Å². The van der Waals surface area contributed by atoms with Gasteiger partial charge in [-0.25, -0.2) is 9.78 Å². The van der Waals surface area contributed by atoms with E-state index in [4.69, 9.17) is 16.2 Å². The summed E-state index contributed by atoms with van der Waals surface area (Å²) in [5.41, 5.74) is 10.9. The molecular formula is C40H65I2N11O12V. The molecule has 7 atom stereocenters. The number of nitrogens with two attached hydrogens (primary N) is 2. The molecule has 0 bridgehead atoms. The summed E-state index contributed by atoms with van der Waals surface area (Å²) in [6, 6.07) is -8.86. The first-order valence-corrected chi connectivity index (χ1v) is 30.7. The van der Waals surface area contributed by atoms with Gasteiger partial charge in [-0.2, -0.15) is 0 Å². The van der Waals surface area contributed by atoms with Crippen molar-refractivity contribution < 1.29 is 67.3 Å². The molecule has 0 aromatic carbocycles. The number of rotatable bonds is 26. The normalized spacial score (nSPS) is 19.1. The monoisotopic (exact) mass is 1200 g/mol. The number of hydrogen-bond acceptors (Lipinski definition) is 13. The number of aliphatic hydroxyl groups excluding tert-OH is 1. The van der Waals surface area contributed by atoms with Crippen LogP contribution in [0.2, 0.25) is 0 Å². The van der Waals surface area contributed by atoms with Gasteiger partial charge >= 0.3 is 55.4 Å². The van der Waals surface area contributed by atoms with Crippen molar-refractivity contribution in [1.82, 2.24) is 47.2 Å². The molecule has 1 fully saturated rings. The first-order chi connectivity index (χ1) is 31.3. The van der Waals surface area contributed by atoms with Gasteiger partial charge in [-0.3, -0.25) is 43.2 Å². The number of aliphatic hydroxyl groups is 1. The minimum atomic E-state index is -1.71. The summed E-state index contributed by atoms with van der Waals surface area (Å²) in [6.45, 7) is 3.19. The number of imidazole rings is 1. The van der Waals surface area contributed by atoms with E-state index in [2.05, 4.69) is 94.1 Å². The molecule has 23 nitrogen and oxygen atoms in total. The maximum atomic E-state index is 13.7. The summed E-state index contributed by atoms with van der Waals surface area (Å²) >= 11 is 4.74. The number of carbonyl (C=O) groups is 10. The molecule has 2 heterocycles. The fraction of sp³-hybridized carbons (Fsp3) is 0.675. The standard InChI is InChI=1S/C40H65N11O12.2HI.V/c1-4-5-6-7-8-9-10-11-12-13-32(55)51-34(24(3)52)39(61)44-20-33(56)46-23(2)35(57)50-29-21-63-40(62)27(15-17-31(42)54)48-36(58)26(14-16-30(41)53)47-37(59)28(49-38(29)60)18-25-19-43-22-45-25;;;/h19,22-24,26-29,34,52H,4-18,20-21H2,1-3H3,(H2,41,53)(H2,42,54)(H,43,45)(H,44,61)(H,46,56)(H,47,59)(H,48,58)(H,49,60)(H,50,57)(H,51,55);2*1H;/q;;;+2/p-2. The van der Waals surface area contributed by atoms with Gasteiger partial charge in [0, 0.05) is 37.6 Å². The number of H-pyrrole nitrogens is 1. The Morgan fingerprint density at radius 1 is 0.788 bits per heavy atom. The number of nitrogens with one attached hydrogen (secondary N) is 8. The predicted octanol–water partition coefficient (Wildman–Crippen LogP) is -0.845. The maximum absolute atomic E-state index is 13.7. The number of carbonyl (C=O) groups excluding carboxylic acids is 10. The molecule has 13 N–H and O–H groups in total. The molecule has 66 heavy (non-hydrogen) atoms. The number of halogens is 2. The third-order valence-corrected chi connectivity index (χ3v) is 10.0. The minimum absolute atomic E-state index is 0.154. The number of amides is 9. The summed E-state index contributed by atoms with van der Waals surface area (Å²) in [4.78, 5) is 135. The summed E-state index contributed by atoms with van der Waals surface area (Å²) in [7, 11) is 0.628. The molecule has 1 saturated heterocycles. The van der Waals surface area contributed by atoms with E-state index in [9.17, 15) is 53.1 Å². The number of primary amides is 2. The first-order valence-electron chi connectivity index (χ1n) is 21.7. The van der Waals surface area contributed by atoms with Crippen molar-refractivity contribution in [2.75, 3.05) is 13.2 Å². The number of cyclic esters (lactones) is 1.